The minimum Gasteiger partial charge on any atom is -0.480 e. The zero-order chi connectivity index (χ0) is 25.3. The molecular weight excluding hydrogens is 430 g/mol. The fourth-order valence-electron chi connectivity index (χ4n) is 3.26. The van der Waals surface area contributed by atoms with Crippen molar-refractivity contribution in [3.63, 3.8) is 0 Å². The predicted octanol–water partition coefficient (Wildman–Crippen LogP) is 3.26. The summed E-state index contributed by atoms with van der Waals surface area (Å²) in [5.74, 6) is -2.59. The molecule has 1 unspecified atom stereocenters. The normalized spacial score (nSPS) is 13.8. The van der Waals surface area contributed by atoms with Gasteiger partial charge in [0, 0.05) is 32.6 Å². The SMILES string of the molecule is CC(=O)O[C@@H](C)CC(N)(Cc1ccc(OC(=O)CC(C)C)c(OC(=O)CC(C)C)c1)C(=O)O. The minimum atomic E-state index is -1.75. The van der Waals surface area contributed by atoms with Crippen molar-refractivity contribution in [1.82, 2.24) is 0 Å². The first-order valence-electron chi connectivity index (χ1n) is 11.0. The van der Waals surface area contributed by atoms with Crippen LogP contribution in [0.1, 0.15) is 66.4 Å². The lowest BCUT2D eigenvalue weighted by molar-refractivity contribution is -0.151. The third kappa shape index (κ3) is 10.0. The van der Waals surface area contributed by atoms with E-state index in [9.17, 15) is 24.3 Å². The average Bonchev–Trinajstić information content (AvgIpc) is 2.61. The topological polar surface area (TPSA) is 142 Å². The number of hydrogen-bond donors (Lipinski definition) is 2. The molecule has 0 aliphatic heterocycles. The number of carbonyl (C=O) groups is 4. The van der Waals surface area contributed by atoms with Crippen molar-refractivity contribution in [2.24, 2.45) is 17.6 Å². The molecular formula is C24H35NO8. The van der Waals surface area contributed by atoms with E-state index in [1.54, 1.807) is 13.0 Å². The standard InChI is InChI=1S/C24H35NO8/c1-14(2)9-21(27)32-19-8-7-18(11-20(19)33-22(28)10-15(3)4)13-24(25,23(29)30)12-16(5)31-17(6)26/h7-8,11,14-16H,9-10,12-13,25H2,1-6H3,(H,29,30)/t16-,24?/m0/s1. The van der Waals surface area contributed by atoms with E-state index in [2.05, 4.69) is 0 Å². The third-order valence-electron chi connectivity index (χ3n) is 4.57. The number of esters is 3. The molecule has 33 heavy (non-hydrogen) atoms. The number of aliphatic carboxylic acids is 1. The largest absolute Gasteiger partial charge is 0.480 e. The van der Waals surface area contributed by atoms with Gasteiger partial charge >= 0.3 is 23.9 Å². The number of carboxylic acids is 1. The van der Waals surface area contributed by atoms with Crippen LogP contribution in [-0.2, 0) is 30.3 Å². The Morgan fingerprint density at radius 1 is 0.939 bits per heavy atom. The molecule has 0 bridgehead atoms. The first-order valence-corrected chi connectivity index (χ1v) is 11.0. The monoisotopic (exact) mass is 465 g/mol. The maximum atomic E-state index is 12.3. The molecule has 184 valence electrons. The van der Waals surface area contributed by atoms with Crippen LogP contribution in [0.15, 0.2) is 18.2 Å². The van der Waals surface area contributed by atoms with Gasteiger partial charge in [0.1, 0.15) is 11.6 Å². The van der Waals surface area contributed by atoms with Crippen molar-refractivity contribution in [2.45, 2.75) is 78.9 Å². The van der Waals surface area contributed by atoms with E-state index in [4.69, 9.17) is 19.9 Å². The van der Waals surface area contributed by atoms with Crippen LogP contribution >= 0.6 is 0 Å². The number of carboxylic acid groups (broad SMARTS) is 1. The highest BCUT2D eigenvalue weighted by molar-refractivity contribution is 5.79. The minimum absolute atomic E-state index is 0.0102. The van der Waals surface area contributed by atoms with E-state index in [0.717, 1.165) is 0 Å². The lowest BCUT2D eigenvalue weighted by atomic mass is 9.86. The molecule has 1 rings (SSSR count). The molecule has 9 nitrogen and oxygen atoms in total. The molecule has 0 aliphatic rings. The summed E-state index contributed by atoms with van der Waals surface area (Å²) < 4.78 is 15.9. The maximum Gasteiger partial charge on any atom is 0.324 e. The molecule has 0 fully saturated rings. The molecule has 1 aromatic rings. The van der Waals surface area contributed by atoms with Gasteiger partial charge in [0.25, 0.3) is 0 Å². The van der Waals surface area contributed by atoms with Crippen molar-refractivity contribution in [3.8, 4) is 11.5 Å². The van der Waals surface area contributed by atoms with Gasteiger partial charge in [-0.25, -0.2) is 0 Å². The molecule has 2 atom stereocenters. The first kappa shape index (κ1) is 28.1. The molecule has 3 N–H and O–H groups in total. The van der Waals surface area contributed by atoms with Crippen molar-refractivity contribution < 1.29 is 38.5 Å². The number of rotatable bonds is 12. The van der Waals surface area contributed by atoms with E-state index in [0.29, 0.717) is 5.56 Å². The van der Waals surface area contributed by atoms with Crippen LogP contribution in [0.25, 0.3) is 0 Å². The van der Waals surface area contributed by atoms with E-state index < -0.39 is 35.5 Å². The van der Waals surface area contributed by atoms with Gasteiger partial charge in [-0.2, -0.15) is 0 Å². The zero-order valence-electron chi connectivity index (χ0n) is 20.2. The Kier molecular flexibility index (Phi) is 10.5. The Hall–Kier alpha value is -2.94. The van der Waals surface area contributed by atoms with Gasteiger partial charge in [-0.15, -0.1) is 0 Å². The van der Waals surface area contributed by atoms with Crippen LogP contribution in [-0.4, -0.2) is 40.6 Å². The zero-order valence-corrected chi connectivity index (χ0v) is 20.2. The smallest absolute Gasteiger partial charge is 0.324 e. The summed E-state index contributed by atoms with van der Waals surface area (Å²) in [4.78, 5) is 47.5. The Morgan fingerprint density at radius 3 is 1.91 bits per heavy atom. The predicted molar refractivity (Wildman–Crippen MR) is 121 cm³/mol. The quantitative estimate of drug-likeness (QED) is 0.351. The maximum absolute atomic E-state index is 12.3. The van der Waals surface area contributed by atoms with Gasteiger partial charge < -0.3 is 25.1 Å². The molecule has 0 heterocycles. The second kappa shape index (κ2) is 12.3. The van der Waals surface area contributed by atoms with Crippen LogP contribution in [0.3, 0.4) is 0 Å². The fraction of sp³-hybridized carbons (Fsp3) is 0.583. The van der Waals surface area contributed by atoms with Crippen LogP contribution in [0.4, 0.5) is 0 Å². The lowest BCUT2D eigenvalue weighted by Gasteiger charge is -2.28. The fourth-order valence-corrected chi connectivity index (χ4v) is 3.26. The Bertz CT molecular complexity index is 864. The molecule has 0 aliphatic carbocycles. The summed E-state index contributed by atoms with van der Waals surface area (Å²) in [6, 6.07) is 4.44. The highest BCUT2D eigenvalue weighted by Gasteiger charge is 2.37. The van der Waals surface area contributed by atoms with E-state index in [-0.39, 0.29) is 49.0 Å². The molecule has 0 aromatic heterocycles. The van der Waals surface area contributed by atoms with Gasteiger partial charge in [-0.1, -0.05) is 33.8 Å². The Labute approximate surface area is 194 Å². The Balaban J connectivity index is 3.22. The highest BCUT2D eigenvalue weighted by Crippen LogP contribution is 2.32. The number of hydrogen-bond acceptors (Lipinski definition) is 8. The van der Waals surface area contributed by atoms with Crippen LogP contribution in [0.2, 0.25) is 0 Å². The van der Waals surface area contributed by atoms with Gasteiger partial charge in [0.2, 0.25) is 0 Å². The summed E-state index contributed by atoms with van der Waals surface area (Å²) in [6.45, 7) is 10.3. The van der Waals surface area contributed by atoms with Crippen molar-refractivity contribution in [3.05, 3.63) is 23.8 Å². The summed E-state index contributed by atoms with van der Waals surface area (Å²) in [6.07, 6.45) is -0.652. The van der Waals surface area contributed by atoms with Crippen LogP contribution in [0, 0.1) is 11.8 Å². The second-order valence-corrected chi connectivity index (χ2v) is 9.19. The summed E-state index contributed by atoms with van der Waals surface area (Å²) >= 11 is 0. The summed E-state index contributed by atoms with van der Waals surface area (Å²) in [7, 11) is 0. The van der Waals surface area contributed by atoms with Gasteiger partial charge in [-0.05, 0) is 36.5 Å². The van der Waals surface area contributed by atoms with Crippen LogP contribution in [0.5, 0.6) is 11.5 Å². The number of ether oxygens (including phenoxy) is 3. The summed E-state index contributed by atoms with van der Waals surface area (Å²) in [5, 5.41) is 9.73. The molecule has 0 saturated carbocycles. The molecule has 0 saturated heterocycles. The van der Waals surface area contributed by atoms with Crippen LogP contribution < -0.4 is 15.2 Å². The van der Waals surface area contributed by atoms with Gasteiger partial charge in [0.15, 0.2) is 11.5 Å². The summed E-state index contributed by atoms with van der Waals surface area (Å²) in [5.41, 5.74) is 4.86. The van der Waals surface area contributed by atoms with Gasteiger partial charge in [-0.3, -0.25) is 19.2 Å². The molecule has 0 spiro atoms. The second-order valence-electron chi connectivity index (χ2n) is 9.19. The van der Waals surface area contributed by atoms with Crippen molar-refractivity contribution in [1.29, 1.82) is 0 Å². The van der Waals surface area contributed by atoms with E-state index in [1.807, 2.05) is 27.7 Å². The molecule has 0 amide bonds. The molecule has 9 heteroatoms. The van der Waals surface area contributed by atoms with Crippen molar-refractivity contribution >= 4 is 23.9 Å². The molecule has 1 aromatic carbocycles. The number of nitrogens with two attached hydrogens (primary N) is 1. The van der Waals surface area contributed by atoms with E-state index in [1.165, 1.54) is 19.1 Å². The van der Waals surface area contributed by atoms with Crippen molar-refractivity contribution in [2.75, 3.05) is 0 Å². The highest BCUT2D eigenvalue weighted by atomic mass is 16.6. The first-order chi connectivity index (χ1) is 15.2. The molecule has 0 radical (unpaired) electrons. The third-order valence-corrected chi connectivity index (χ3v) is 4.57. The average molecular weight is 466 g/mol. The lowest BCUT2D eigenvalue weighted by Crippen LogP contribution is -2.52. The Morgan fingerprint density at radius 2 is 1.45 bits per heavy atom. The number of carbonyl (C=O) groups excluding carboxylic acids is 3. The number of benzene rings is 1. The van der Waals surface area contributed by atoms with Gasteiger partial charge in [0.05, 0.1) is 0 Å². The van der Waals surface area contributed by atoms with E-state index >= 15 is 0 Å².